The molecule has 1 atom stereocenters. The summed E-state index contributed by atoms with van der Waals surface area (Å²) < 4.78 is 0. The smallest absolute Gasteiger partial charge is 0.0825 e. The third-order valence-electron chi connectivity index (χ3n) is 3.43. The normalized spacial score (nSPS) is 23.1. The fraction of sp³-hybridized carbons (Fsp3) is 0.750. The van der Waals surface area contributed by atoms with E-state index in [1.54, 1.807) is 0 Å². The second-order valence-electron chi connectivity index (χ2n) is 4.88. The first-order chi connectivity index (χ1) is 7.66. The maximum absolute atomic E-state index is 4.22. The van der Waals surface area contributed by atoms with E-state index < -0.39 is 0 Å². The van der Waals surface area contributed by atoms with Crippen molar-refractivity contribution in [3.8, 4) is 0 Å². The molecule has 1 saturated heterocycles. The summed E-state index contributed by atoms with van der Waals surface area (Å²) in [5.41, 5.74) is 3.43. The lowest BCUT2D eigenvalue weighted by atomic mass is 10.1. The summed E-state index contributed by atoms with van der Waals surface area (Å²) in [5.74, 6) is 0. The molecule has 0 aromatic carbocycles. The minimum Gasteiger partial charge on any atom is -0.379 e. The van der Waals surface area contributed by atoms with Crippen molar-refractivity contribution in [1.82, 2.24) is 15.1 Å². The highest BCUT2D eigenvalue weighted by Gasteiger charge is 2.16. The third kappa shape index (κ3) is 2.55. The van der Waals surface area contributed by atoms with Gasteiger partial charge >= 0.3 is 0 Å². The summed E-state index contributed by atoms with van der Waals surface area (Å²) in [6, 6.07) is 0.597. The fourth-order valence-corrected chi connectivity index (χ4v) is 2.35. The van der Waals surface area contributed by atoms with Gasteiger partial charge in [-0.15, -0.1) is 0 Å². The first-order valence-electron chi connectivity index (χ1n) is 6.13. The van der Waals surface area contributed by atoms with Crippen LogP contribution in [-0.2, 0) is 0 Å². The van der Waals surface area contributed by atoms with E-state index in [2.05, 4.69) is 41.3 Å². The molecule has 90 valence electrons. The number of hydrogen-bond acceptors (Lipinski definition) is 3. The lowest BCUT2D eigenvalue weighted by Crippen LogP contribution is -2.23. The number of nitrogens with zero attached hydrogens (tertiary/aromatic N) is 2. The van der Waals surface area contributed by atoms with E-state index in [0.29, 0.717) is 6.04 Å². The Morgan fingerprint density at radius 1 is 1.31 bits per heavy atom. The number of aromatic nitrogens is 2. The van der Waals surface area contributed by atoms with Gasteiger partial charge in [-0.1, -0.05) is 0 Å². The van der Waals surface area contributed by atoms with Crippen molar-refractivity contribution in [3.63, 3.8) is 0 Å². The fourth-order valence-electron chi connectivity index (χ4n) is 2.35. The van der Waals surface area contributed by atoms with Gasteiger partial charge in [0.25, 0.3) is 0 Å². The summed E-state index contributed by atoms with van der Waals surface area (Å²) in [5, 5.41) is 10.9. The first kappa shape index (κ1) is 11.5. The van der Waals surface area contributed by atoms with E-state index in [4.69, 9.17) is 0 Å². The molecule has 2 heterocycles. The van der Waals surface area contributed by atoms with Gasteiger partial charge < -0.3 is 10.2 Å². The molecule has 4 nitrogen and oxygen atoms in total. The number of rotatable bonds is 2. The van der Waals surface area contributed by atoms with Crippen molar-refractivity contribution < 1.29 is 0 Å². The Kier molecular flexibility index (Phi) is 3.49. The molecule has 2 N–H and O–H groups in total. The Balaban J connectivity index is 1.99. The van der Waals surface area contributed by atoms with Gasteiger partial charge in [-0.25, -0.2) is 0 Å². The zero-order valence-electron chi connectivity index (χ0n) is 10.5. The van der Waals surface area contributed by atoms with Crippen molar-refractivity contribution in [2.24, 2.45) is 0 Å². The average molecular weight is 222 g/mol. The molecule has 0 amide bonds. The van der Waals surface area contributed by atoms with Gasteiger partial charge in [-0.3, -0.25) is 5.10 Å². The summed E-state index contributed by atoms with van der Waals surface area (Å²) >= 11 is 0. The predicted octanol–water partition coefficient (Wildman–Crippen LogP) is 1.92. The van der Waals surface area contributed by atoms with Crippen LogP contribution in [0.1, 0.15) is 30.7 Å². The molecular weight excluding hydrogens is 200 g/mol. The van der Waals surface area contributed by atoms with Crippen LogP contribution in [-0.4, -0.2) is 41.3 Å². The van der Waals surface area contributed by atoms with Crippen molar-refractivity contribution in [3.05, 3.63) is 11.4 Å². The van der Waals surface area contributed by atoms with Crippen molar-refractivity contribution >= 4 is 5.69 Å². The molecule has 0 aliphatic carbocycles. The van der Waals surface area contributed by atoms with Crippen LogP contribution in [0.3, 0.4) is 0 Å². The summed E-state index contributed by atoms with van der Waals surface area (Å²) in [6.07, 6.45) is 3.76. The van der Waals surface area contributed by atoms with Crippen LogP contribution in [0.4, 0.5) is 5.69 Å². The molecule has 0 bridgehead atoms. The highest BCUT2D eigenvalue weighted by molar-refractivity contribution is 5.52. The second-order valence-corrected chi connectivity index (χ2v) is 4.88. The summed E-state index contributed by atoms with van der Waals surface area (Å²) in [7, 11) is 2.21. The van der Waals surface area contributed by atoms with E-state index in [1.165, 1.54) is 38.0 Å². The molecular formula is C12H22N4. The lowest BCUT2D eigenvalue weighted by Gasteiger charge is -2.18. The summed E-state index contributed by atoms with van der Waals surface area (Å²) in [6.45, 7) is 6.54. The van der Waals surface area contributed by atoms with Crippen LogP contribution >= 0.6 is 0 Å². The maximum atomic E-state index is 4.22. The molecule has 1 aliphatic heterocycles. The molecule has 16 heavy (non-hydrogen) atoms. The number of aryl methyl sites for hydroxylation is 2. The topological polar surface area (TPSA) is 44.0 Å². The van der Waals surface area contributed by atoms with E-state index in [-0.39, 0.29) is 0 Å². The van der Waals surface area contributed by atoms with Crippen molar-refractivity contribution in [1.29, 1.82) is 0 Å². The van der Waals surface area contributed by atoms with E-state index >= 15 is 0 Å². The molecule has 1 aliphatic rings. The zero-order valence-corrected chi connectivity index (χ0v) is 10.5. The van der Waals surface area contributed by atoms with Gasteiger partial charge in [-0.2, -0.15) is 5.10 Å². The number of anilines is 1. The predicted molar refractivity (Wildman–Crippen MR) is 66.8 cm³/mol. The molecule has 4 heteroatoms. The zero-order chi connectivity index (χ0) is 11.5. The Morgan fingerprint density at radius 3 is 2.81 bits per heavy atom. The Bertz CT molecular complexity index is 325. The van der Waals surface area contributed by atoms with E-state index in [9.17, 15) is 0 Å². The average Bonchev–Trinajstić information content (AvgIpc) is 2.48. The summed E-state index contributed by atoms with van der Waals surface area (Å²) in [4.78, 5) is 2.41. The molecule has 2 rings (SSSR count). The molecule has 0 saturated carbocycles. The van der Waals surface area contributed by atoms with Crippen molar-refractivity contribution in [2.75, 3.05) is 25.5 Å². The Hall–Kier alpha value is -1.03. The van der Waals surface area contributed by atoms with Crippen LogP contribution in [0.2, 0.25) is 0 Å². The minimum atomic E-state index is 0.597. The highest BCUT2D eigenvalue weighted by Crippen LogP contribution is 2.21. The standard InChI is InChI=1S/C12H22N4/c1-9-12(10(2)15-14-9)13-11-5-4-7-16(3)8-6-11/h11,13H,4-8H2,1-3H3,(H,14,15). The van der Waals surface area contributed by atoms with Gasteiger partial charge in [0.1, 0.15) is 0 Å². The first-order valence-corrected chi connectivity index (χ1v) is 6.13. The van der Waals surface area contributed by atoms with Crippen LogP contribution in [0.5, 0.6) is 0 Å². The third-order valence-corrected chi connectivity index (χ3v) is 3.43. The number of aromatic amines is 1. The van der Waals surface area contributed by atoms with Crippen LogP contribution in [0, 0.1) is 13.8 Å². The molecule has 1 unspecified atom stereocenters. The molecule has 0 spiro atoms. The number of H-pyrrole nitrogens is 1. The Labute approximate surface area is 97.4 Å². The maximum Gasteiger partial charge on any atom is 0.0825 e. The quantitative estimate of drug-likeness (QED) is 0.803. The molecule has 1 fully saturated rings. The van der Waals surface area contributed by atoms with Crippen molar-refractivity contribution in [2.45, 2.75) is 39.2 Å². The van der Waals surface area contributed by atoms with Gasteiger partial charge in [0, 0.05) is 6.04 Å². The van der Waals surface area contributed by atoms with E-state index in [0.717, 1.165) is 11.4 Å². The number of nitrogens with one attached hydrogen (secondary N) is 2. The van der Waals surface area contributed by atoms with Crippen LogP contribution < -0.4 is 5.32 Å². The van der Waals surface area contributed by atoms with Gasteiger partial charge in [0.15, 0.2) is 0 Å². The van der Waals surface area contributed by atoms with Crippen LogP contribution in [0.25, 0.3) is 0 Å². The number of hydrogen-bond donors (Lipinski definition) is 2. The molecule has 1 aromatic rings. The second kappa shape index (κ2) is 4.87. The lowest BCUT2D eigenvalue weighted by molar-refractivity contribution is 0.348. The Morgan fingerprint density at radius 2 is 2.12 bits per heavy atom. The highest BCUT2D eigenvalue weighted by atomic mass is 15.2. The molecule has 1 aromatic heterocycles. The van der Waals surface area contributed by atoms with Gasteiger partial charge in [0.05, 0.1) is 17.1 Å². The van der Waals surface area contributed by atoms with E-state index in [1.807, 2.05) is 0 Å². The number of likely N-dealkylation sites (tertiary alicyclic amines) is 1. The van der Waals surface area contributed by atoms with Gasteiger partial charge in [-0.05, 0) is 53.2 Å². The monoisotopic (exact) mass is 222 g/mol. The minimum absolute atomic E-state index is 0.597. The largest absolute Gasteiger partial charge is 0.379 e. The molecule has 0 radical (unpaired) electrons. The SMILES string of the molecule is Cc1n[nH]c(C)c1NC1CCCN(C)CC1. The van der Waals surface area contributed by atoms with Gasteiger partial charge in [0.2, 0.25) is 0 Å². The van der Waals surface area contributed by atoms with Crippen LogP contribution in [0.15, 0.2) is 0 Å².